The Hall–Kier alpha value is 0.01000. The molecule has 1 nitrogen and oxygen atoms in total. The Kier molecular flexibility index (Phi) is 6.60. The zero-order chi connectivity index (χ0) is 12.7. The molecule has 1 aromatic rings. The van der Waals surface area contributed by atoms with Crippen LogP contribution in [-0.4, -0.2) is 11.3 Å². The van der Waals surface area contributed by atoms with Crippen molar-refractivity contribution in [1.29, 1.82) is 0 Å². The first-order chi connectivity index (χ1) is 8.17. The number of halogens is 1. The standard InChI is InChI=1S/C14H22BrNS/c1-3-9-14(11-16,10-4-2)17-13-8-6-5-7-12(13)15/h5-8H,3-4,9-11,16H2,1-2H3. The van der Waals surface area contributed by atoms with Crippen molar-refractivity contribution in [2.45, 2.75) is 49.2 Å². The third-order valence-electron chi connectivity index (χ3n) is 2.95. The Morgan fingerprint density at radius 3 is 2.24 bits per heavy atom. The topological polar surface area (TPSA) is 26.0 Å². The molecule has 0 unspecified atom stereocenters. The molecule has 96 valence electrons. The number of hydrogen-bond acceptors (Lipinski definition) is 2. The van der Waals surface area contributed by atoms with Gasteiger partial charge in [-0.25, -0.2) is 0 Å². The number of thioether (sulfide) groups is 1. The highest BCUT2D eigenvalue weighted by Crippen LogP contribution is 2.42. The summed E-state index contributed by atoms with van der Waals surface area (Å²) in [6.45, 7) is 5.22. The second-order valence-corrected chi connectivity index (χ2v) is 6.78. The van der Waals surface area contributed by atoms with Gasteiger partial charge in [0, 0.05) is 20.7 Å². The molecule has 0 heterocycles. The summed E-state index contributed by atoms with van der Waals surface area (Å²) in [7, 11) is 0. The number of hydrogen-bond donors (Lipinski definition) is 1. The molecular weight excluding hydrogens is 294 g/mol. The minimum Gasteiger partial charge on any atom is -0.329 e. The molecule has 0 bridgehead atoms. The second kappa shape index (κ2) is 7.45. The van der Waals surface area contributed by atoms with E-state index in [0.717, 1.165) is 6.54 Å². The fraction of sp³-hybridized carbons (Fsp3) is 0.571. The lowest BCUT2D eigenvalue weighted by Crippen LogP contribution is -2.34. The van der Waals surface area contributed by atoms with E-state index in [1.54, 1.807) is 0 Å². The molecule has 17 heavy (non-hydrogen) atoms. The summed E-state index contributed by atoms with van der Waals surface area (Å²) in [6, 6.07) is 8.41. The lowest BCUT2D eigenvalue weighted by Gasteiger charge is -2.32. The van der Waals surface area contributed by atoms with Gasteiger partial charge in [-0.15, -0.1) is 11.8 Å². The molecule has 0 amide bonds. The molecule has 3 heteroatoms. The van der Waals surface area contributed by atoms with Gasteiger partial charge in [0.25, 0.3) is 0 Å². The Labute approximate surface area is 118 Å². The maximum Gasteiger partial charge on any atom is 0.0329 e. The average Bonchev–Trinajstić information content (AvgIpc) is 2.33. The van der Waals surface area contributed by atoms with Crippen LogP contribution in [0, 0.1) is 0 Å². The maximum atomic E-state index is 6.04. The SMILES string of the molecule is CCCC(CN)(CCC)Sc1ccccc1Br. The summed E-state index contributed by atoms with van der Waals surface area (Å²) in [6.07, 6.45) is 4.75. The first kappa shape index (κ1) is 15.1. The molecule has 0 aliphatic carbocycles. The quantitative estimate of drug-likeness (QED) is 0.729. The Morgan fingerprint density at radius 1 is 1.18 bits per heavy atom. The normalized spacial score (nSPS) is 11.8. The van der Waals surface area contributed by atoms with Gasteiger partial charge in [-0.2, -0.15) is 0 Å². The summed E-state index contributed by atoms with van der Waals surface area (Å²) >= 11 is 5.56. The summed E-state index contributed by atoms with van der Waals surface area (Å²) in [5.41, 5.74) is 6.04. The third-order valence-corrected chi connectivity index (χ3v) is 5.48. The van der Waals surface area contributed by atoms with E-state index in [9.17, 15) is 0 Å². The van der Waals surface area contributed by atoms with Crippen LogP contribution in [0.3, 0.4) is 0 Å². The van der Waals surface area contributed by atoms with E-state index in [-0.39, 0.29) is 4.75 Å². The van der Waals surface area contributed by atoms with Crippen LogP contribution in [0.4, 0.5) is 0 Å². The molecular formula is C14H22BrNS. The summed E-state index contributed by atoms with van der Waals surface area (Å²) in [4.78, 5) is 1.31. The zero-order valence-corrected chi connectivity index (χ0v) is 13.1. The van der Waals surface area contributed by atoms with Crippen molar-refractivity contribution in [2.75, 3.05) is 6.54 Å². The van der Waals surface area contributed by atoms with Crippen molar-refractivity contribution in [3.05, 3.63) is 28.7 Å². The highest BCUT2D eigenvalue weighted by molar-refractivity contribution is 9.10. The summed E-state index contributed by atoms with van der Waals surface area (Å²) in [5.74, 6) is 0. The van der Waals surface area contributed by atoms with Gasteiger partial charge in [0.15, 0.2) is 0 Å². The van der Waals surface area contributed by atoms with E-state index >= 15 is 0 Å². The van der Waals surface area contributed by atoms with E-state index in [1.165, 1.54) is 35.1 Å². The Bertz CT molecular complexity index is 335. The lowest BCUT2D eigenvalue weighted by atomic mass is 9.97. The van der Waals surface area contributed by atoms with Crippen molar-refractivity contribution in [3.8, 4) is 0 Å². The van der Waals surface area contributed by atoms with Gasteiger partial charge < -0.3 is 5.73 Å². The molecule has 2 N–H and O–H groups in total. The monoisotopic (exact) mass is 315 g/mol. The van der Waals surface area contributed by atoms with Gasteiger partial charge in [-0.05, 0) is 40.9 Å². The van der Waals surface area contributed by atoms with Crippen LogP contribution in [0.15, 0.2) is 33.6 Å². The molecule has 0 saturated carbocycles. The molecule has 0 aliphatic heterocycles. The van der Waals surface area contributed by atoms with Gasteiger partial charge in [-0.1, -0.05) is 38.8 Å². The lowest BCUT2D eigenvalue weighted by molar-refractivity contribution is 0.498. The van der Waals surface area contributed by atoms with Gasteiger partial charge in [0.1, 0.15) is 0 Å². The van der Waals surface area contributed by atoms with Gasteiger partial charge in [-0.3, -0.25) is 0 Å². The van der Waals surface area contributed by atoms with E-state index in [4.69, 9.17) is 5.73 Å². The summed E-state index contributed by atoms with van der Waals surface area (Å²) in [5, 5.41) is 0. The predicted octanol–water partition coefficient (Wildman–Crippen LogP) is 4.84. The van der Waals surface area contributed by atoms with Crippen LogP contribution in [-0.2, 0) is 0 Å². The van der Waals surface area contributed by atoms with Crippen molar-refractivity contribution in [2.24, 2.45) is 5.73 Å². The number of rotatable bonds is 7. The molecule has 0 saturated heterocycles. The molecule has 0 fully saturated rings. The Morgan fingerprint density at radius 2 is 1.76 bits per heavy atom. The minimum absolute atomic E-state index is 0.202. The molecule has 1 aromatic carbocycles. The Balaban J connectivity index is 2.88. The molecule has 0 aliphatic rings. The second-order valence-electron chi connectivity index (χ2n) is 4.42. The molecule has 0 atom stereocenters. The van der Waals surface area contributed by atoms with E-state index in [2.05, 4.69) is 54.0 Å². The van der Waals surface area contributed by atoms with E-state index in [0.29, 0.717) is 0 Å². The van der Waals surface area contributed by atoms with Crippen molar-refractivity contribution in [3.63, 3.8) is 0 Å². The maximum absolute atomic E-state index is 6.04. The van der Waals surface area contributed by atoms with Crippen LogP contribution in [0.2, 0.25) is 0 Å². The van der Waals surface area contributed by atoms with Gasteiger partial charge >= 0.3 is 0 Å². The highest BCUT2D eigenvalue weighted by atomic mass is 79.9. The molecule has 0 radical (unpaired) electrons. The zero-order valence-electron chi connectivity index (χ0n) is 10.7. The average molecular weight is 316 g/mol. The molecule has 1 rings (SSSR count). The first-order valence-corrected chi connectivity index (χ1v) is 7.92. The number of benzene rings is 1. The van der Waals surface area contributed by atoms with Crippen molar-refractivity contribution < 1.29 is 0 Å². The predicted molar refractivity (Wildman–Crippen MR) is 81.6 cm³/mol. The molecule has 0 aromatic heterocycles. The van der Waals surface area contributed by atoms with Crippen molar-refractivity contribution >= 4 is 27.7 Å². The van der Waals surface area contributed by atoms with Crippen LogP contribution >= 0.6 is 27.7 Å². The minimum atomic E-state index is 0.202. The molecule has 0 spiro atoms. The van der Waals surface area contributed by atoms with E-state index in [1.807, 2.05) is 11.8 Å². The van der Waals surface area contributed by atoms with Crippen LogP contribution < -0.4 is 5.73 Å². The summed E-state index contributed by atoms with van der Waals surface area (Å²) < 4.78 is 1.38. The first-order valence-electron chi connectivity index (χ1n) is 6.31. The third kappa shape index (κ3) is 4.31. The largest absolute Gasteiger partial charge is 0.329 e. The smallest absolute Gasteiger partial charge is 0.0329 e. The fourth-order valence-corrected chi connectivity index (χ4v) is 4.15. The van der Waals surface area contributed by atoms with Crippen LogP contribution in [0.25, 0.3) is 0 Å². The van der Waals surface area contributed by atoms with Gasteiger partial charge in [0.2, 0.25) is 0 Å². The highest BCUT2D eigenvalue weighted by Gasteiger charge is 2.28. The van der Waals surface area contributed by atoms with Crippen LogP contribution in [0.1, 0.15) is 39.5 Å². The fourth-order valence-electron chi connectivity index (χ4n) is 2.14. The van der Waals surface area contributed by atoms with Gasteiger partial charge in [0.05, 0.1) is 0 Å². The number of nitrogens with two attached hydrogens (primary N) is 1. The van der Waals surface area contributed by atoms with Crippen molar-refractivity contribution in [1.82, 2.24) is 0 Å². The van der Waals surface area contributed by atoms with E-state index < -0.39 is 0 Å². The van der Waals surface area contributed by atoms with Crippen LogP contribution in [0.5, 0.6) is 0 Å².